The van der Waals surface area contributed by atoms with Crippen molar-refractivity contribution in [3.8, 4) is 0 Å². The molecule has 4 heteroatoms. The Labute approximate surface area is 95.2 Å². The van der Waals surface area contributed by atoms with Crippen molar-refractivity contribution >= 4 is 8.80 Å². The van der Waals surface area contributed by atoms with Crippen molar-refractivity contribution in [2.45, 2.75) is 63.0 Å². The van der Waals surface area contributed by atoms with Gasteiger partial charge in [0.2, 0.25) is 0 Å². The Bertz CT molecular complexity index is 179. The lowest BCUT2D eigenvalue weighted by Gasteiger charge is -2.40. The minimum atomic E-state index is -0.754. The van der Waals surface area contributed by atoms with Crippen LogP contribution >= 0.6 is 0 Å². The van der Waals surface area contributed by atoms with E-state index in [9.17, 15) is 0 Å². The highest BCUT2D eigenvalue weighted by molar-refractivity contribution is 6.59. The first-order valence-corrected chi connectivity index (χ1v) is 9.10. The fourth-order valence-electron chi connectivity index (χ4n) is 2.45. The van der Waals surface area contributed by atoms with Gasteiger partial charge in [-0.3, -0.25) is 0 Å². The second kappa shape index (κ2) is 5.99. The molecule has 4 N–H and O–H groups in total. The molecule has 0 spiro atoms. The van der Waals surface area contributed by atoms with E-state index in [0.29, 0.717) is 0 Å². The maximum Gasteiger partial charge on any atom is 0.0695 e. The third kappa shape index (κ3) is 3.87. The van der Waals surface area contributed by atoms with E-state index in [-0.39, 0.29) is 11.4 Å². The predicted octanol–water partition coefficient (Wildman–Crippen LogP) is 1.37. The molecule has 1 fully saturated rings. The quantitative estimate of drug-likeness (QED) is 0.554. The lowest BCUT2D eigenvalue weighted by Crippen LogP contribution is -2.47. The van der Waals surface area contributed by atoms with Crippen LogP contribution in [0.1, 0.15) is 38.5 Å². The number of ether oxygens (including phenoxy) is 1. The fraction of sp³-hybridized carbons (Fsp3) is 1.00. The maximum atomic E-state index is 6.09. The van der Waals surface area contributed by atoms with Crippen LogP contribution in [0.4, 0.5) is 0 Å². The van der Waals surface area contributed by atoms with Crippen molar-refractivity contribution in [3.63, 3.8) is 0 Å². The summed E-state index contributed by atoms with van der Waals surface area (Å²) in [5, 5.41) is 0.243. The zero-order valence-electron chi connectivity index (χ0n) is 10.2. The first-order valence-electron chi connectivity index (χ1n) is 6.22. The van der Waals surface area contributed by atoms with E-state index in [2.05, 4.69) is 13.1 Å². The highest BCUT2D eigenvalue weighted by Crippen LogP contribution is 2.32. The Morgan fingerprint density at radius 1 is 1.33 bits per heavy atom. The van der Waals surface area contributed by atoms with Gasteiger partial charge in [-0.1, -0.05) is 13.1 Å². The summed E-state index contributed by atoms with van der Waals surface area (Å²) in [6, 6.07) is 0. The van der Waals surface area contributed by atoms with Gasteiger partial charge in [0.15, 0.2) is 0 Å². The number of hydrogen-bond acceptors (Lipinski definition) is 3. The summed E-state index contributed by atoms with van der Waals surface area (Å²) in [6.07, 6.45) is 6.88. The van der Waals surface area contributed by atoms with Gasteiger partial charge in [0.05, 0.1) is 20.2 Å². The molecule has 1 aliphatic rings. The highest BCUT2D eigenvalue weighted by Gasteiger charge is 2.36. The second-order valence-corrected chi connectivity index (χ2v) is 8.44. The summed E-state index contributed by atoms with van der Waals surface area (Å²) < 4.78 is 6.09. The zero-order chi connectivity index (χ0) is 11.3. The number of nitrogens with two attached hydrogens (primary N) is 2. The molecule has 90 valence electrons. The molecule has 1 heterocycles. The van der Waals surface area contributed by atoms with Gasteiger partial charge in [-0.15, -0.1) is 0 Å². The first-order chi connectivity index (χ1) is 7.07. The van der Waals surface area contributed by atoms with Gasteiger partial charge in [-0.05, 0) is 38.5 Å². The van der Waals surface area contributed by atoms with E-state index in [1.165, 1.54) is 25.7 Å². The van der Waals surface area contributed by atoms with Gasteiger partial charge < -0.3 is 16.2 Å². The molecule has 0 saturated carbocycles. The molecule has 0 bridgehead atoms. The Hall–Kier alpha value is 0.0969. The van der Waals surface area contributed by atoms with Crippen LogP contribution in [0.3, 0.4) is 0 Å². The standard InChI is InChI=1S/C11H26N2OSi/c1-15(2)11(7-3-4-9-14-11)8-5-6-10(12)13/h10,15H,3-9,12-13H2,1-2H3. The molecular weight excluding hydrogens is 204 g/mol. The molecule has 0 amide bonds. The van der Waals surface area contributed by atoms with Gasteiger partial charge in [-0.25, -0.2) is 0 Å². The third-order valence-electron chi connectivity index (χ3n) is 3.57. The molecule has 0 aromatic heterocycles. The maximum absolute atomic E-state index is 6.09. The Morgan fingerprint density at radius 3 is 2.53 bits per heavy atom. The van der Waals surface area contributed by atoms with E-state index >= 15 is 0 Å². The van der Waals surface area contributed by atoms with Crippen molar-refractivity contribution in [1.29, 1.82) is 0 Å². The molecule has 1 rings (SSSR count). The molecule has 1 atom stereocenters. The van der Waals surface area contributed by atoms with E-state index in [1.807, 2.05) is 0 Å². The van der Waals surface area contributed by atoms with Crippen molar-refractivity contribution in [3.05, 3.63) is 0 Å². The van der Waals surface area contributed by atoms with Crippen LogP contribution in [-0.2, 0) is 4.74 Å². The molecule has 1 aliphatic heterocycles. The molecule has 3 nitrogen and oxygen atoms in total. The summed E-state index contributed by atoms with van der Waals surface area (Å²) in [4.78, 5) is 0. The third-order valence-corrected chi connectivity index (χ3v) is 6.42. The lowest BCUT2D eigenvalue weighted by atomic mass is 10.0. The topological polar surface area (TPSA) is 61.3 Å². The van der Waals surface area contributed by atoms with E-state index in [0.717, 1.165) is 19.4 Å². The van der Waals surface area contributed by atoms with Crippen LogP contribution in [0.15, 0.2) is 0 Å². The molecule has 0 aromatic rings. The summed E-state index contributed by atoms with van der Waals surface area (Å²) in [5.41, 5.74) is 11.2. The molecule has 1 unspecified atom stereocenters. The molecular formula is C11H26N2OSi. The average Bonchev–Trinajstić information content (AvgIpc) is 2.18. The predicted molar refractivity (Wildman–Crippen MR) is 67.4 cm³/mol. The van der Waals surface area contributed by atoms with Crippen LogP contribution in [0.25, 0.3) is 0 Å². The van der Waals surface area contributed by atoms with E-state index in [1.54, 1.807) is 0 Å². The van der Waals surface area contributed by atoms with Crippen molar-refractivity contribution in [2.24, 2.45) is 11.5 Å². The van der Waals surface area contributed by atoms with Crippen LogP contribution in [0.5, 0.6) is 0 Å². The molecule has 0 aliphatic carbocycles. The SMILES string of the molecule is C[SiH](C)C1(CCCC(N)N)CCCCO1. The summed E-state index contributed by atoms with van der Waals surface area (Å²) >= 11 is 0. The fourth-order valence-corrected chi connectivity index (χ4v) is 4.47. The van der Waals surface area contributed by atoms with Gasteiger partial charge in [0.1, 0.15) is 0 Å². The zero-order valence-corrected chi connectivity index (χ0v) is 11.3. The van der Waals surface area contributed by atoms with Gasteiger partial charge in [0.25, 0.3) is 0 Å². The molecule has 0 radical (unpaired) electrons. The van der Waals surface area contributed by atoms with E-state index in [4.69, 9.17) is 16.2 Å². The van der Waals surface area contributed by atoms with Crippen LogP contribution in [0.2, 0.25) is 13.1 Å². The average molecular weight is 230 g/mol. The van der Waals surface area contributed by atoms with Gasteiger partial charge >= 0.3 is 0 Å². The monoisotopic (exact) mass is 230 g/mol. The van der Waals surface area contributed by atoms with Crippen molar-refractivity contribution in [2.75, 3.05) is 6.61 Å². The second-order valence-electron chi connectivity index (χ2n) is 5.08. The van der Waals surface area contributed by atoms with Crippen molar-refractivity contribution in [1.82, 2.24) is 0 Å². The Kier molecular flexibility index (Phi) is 5.25. The largest absolute Gasteiger partial charge is 0.379 e. The van der Waals surface area contributed by atoms with Crippen molar-refractivity contribution < 1.29 is 4.74 Å². The van der Waals surface area contributed by atoms with Gasteiger partial charge in [0, 0.05) is 6.61 Å². The summed E-state index contributed by atoms with van der Waals surface area (Å²) in [5.74, 6) is 0. The van der Waals surface area contributed by atoms with Crippen LogP contribution in [-0.4, -0.2) is 26.8 Å². The normalized spacial score (nSPS) is 27.6. The Morgan fingerprint density at radius 2 is 2.07 bits per heavy atom. The molecule has 0 aromatic carbocycles. The molecule has 15 heavy (non-hydrogen) atoms. The highest BCUT2D eigenvalue weighted by atomic mass is 28.3. The minimum absolute atomic E-state index is 0.153. The Balaban J connectivity index is 2.42. The molecule has 1 saturated heterocycles. The summed E-state index contributed by atoms with van der Waals surface area (Å²) in [6.45, 7) is 5.75. The minimum Gasteiger partial charge on any atom is -0.379 e. The van der Waals surface area contributed by atoms with Crippen LogP contribution in [0, 0.1) is 0 Å². The lowest BCUT2D eigenvalue weighted by molar-refractivity contribution is -0.0293. The smallest absolute Gasteiger partial charge is 0.0695 e. The number of rotatable bonds is 5. The van der Waals surface area contributed by atoms with E-state index < -0.39 is 8.80 Å². The van der Waals surface area contributed by atoms with Crippen LogP contribution < -0.4 is 11.5 Å². The number of hydrogen-bond donors (Lipinski definition) is 2. The van der Waals surface area contributed by atoms with Gasteiger partial charge in [-0.2, -0.15) is 0 Å². The first kappa shape index (κ1) is 13.2. The summed E-state index contributed by atoms with van der Waals surface area (Å²) in [7, 11) is -0.754.